The van der Waals surface area contributed by atoms with Gasteiger partial charge in [-0.3, -0.25) is 13.9 Å². The summed E-state index contributed by atoms with van der Waals surface area (Å²) in [6.45, 7) is 3.56. The van der Waals surface area contributed by atoms with Gasteiger partial charge in [-0.2, -0.15) is 0 Å². The van der Waals surface area contributed by atoms with Gasteiger partial charge in [-0.1, -0.05) is 90.3 Å². The molecule has 0 aliphatic carbocycles. The highest BCUT2D eigenvalue weighted by molar-refractivity contribution is 7.92. The fourth-order valence-corrected chi connectivity index (χ4v) is 6.78. The molecule has 0 saturated carbocycles. The van der Waals surface area contributed by atoms with Crippen molar-refractivity contribution in [3.8, 4) is 5.75 Å². The first-order valence-corrected chi connectivity index (χ1v) is 17.0. The molecule has 0 fully saturated rings. The first-order chi connectivity index (χ1) is 22.0. The van der Waals surface area contributed by atoms with Crippen LogP contribution in [0.25, 0.3) is 0 Å². The number of hydrogen-bond donors (Lipinski definition) is 1. The van der Waals surface area contributed by atoms with Crippen LogP contribution in [0, 0.1) is 6.92 Å². The minimum Gasteiger partial charge on any atom is -0.497 e. The molecular formula is C35H37Cl2N3O5S. The van der Waals surface area contributed by atoms with Gasteiger partial charge in [-0.15, -0.1) is 0 Å². The van der Waals surface area contributed by atoms with Gasteiger partial charge in [0.05, 0.1) is 22.7 Å². The van der Waals surface area contributed by atoms with E-state index in [0.717, 1.165) is 15.4 Å². The predicted octanol–water partition coefficient (Wildman–Crippen LogP) is 6.67. The summed E-state index contributed by atoms with van der Waals surface area (Å²) in [5.41, 5.74) is 2.44. The number of amides is 2. The van der Waals surface area contributed by atoms with Crippen LogP contribution in [0.4, 0.5) is 5.69 Å². The summed E-state index contributed by atoms with van der Waals surface area (Å²) in [5.74, 6) is -0.382. The maximum Gasteiger partial charge on any atom is 0.264 e. The Balaban J connectivity index is 1.83. The third-order valence-electron chi connectivity index (χ3n) is 7.37. The van der Waals surface area contributed by atoms with Gasteiger partial charge in [0.15, 0.2) is 0 Å². The Hall–Kier alpha value is -4.05. The van der Waals surface area contributed by atoms with Crippen LogP contribution < -0.4 is 14.4 Å². The van der Waals surface area contributed by atoms with E-state index in [1.54, 1.807) is 37.4 Å². The lowest BCUT2D eigenvalue weighted by Gasteiger charge is -2.34. The van der Waals surface area contributed by atoms with Gasteiger partial charge >= 0.3 is 0 Å². The second-order valence-corrected chi connectivity index (χ2v) is 13.5. The fourth-order valence-electron chi connectivity index (χ4n) is 4.92. The Morgan fingerprint density at radius 1 is 0.891 bits per heavy atom. The summed E-state index contributed by atoms with van der Waals surface area (Å²) in [6, 6.07) is 26.3. The van der Waals surface area contributed by atoms with E-state index in [2.05, 4.69) is 5.32 Å². The van der Waals surface area contributed by atoms with Crippen molar-refractivity contribution in [2.24, 2.45) is 0 Å². The first kappa shape index (κ1) is 34.8. The van der Waals surface area contributed by atoms with Gasteiger partial charge in [0.1, 0.15) is 18.3 Å². The number of sulfonamides is 1. The molecule has 0 unspecified atom stereocenters. The Bertz CT molecular complexity index is 1750. The third-order valence-corrected chi connectivity index (χ3v) is 9.70. The number of benzene rings is 4. The van der Waals surface area contributed by atoms with Crippen molar-refractivity contribution >= 4 is 50.7 Å². The van der Waals surface area contributed by atoms with E-state index in [9.17, 15) is 18.0 Å². The second-order valence-electron chi connectivity index (χ2n) is 10.8. The van der Waals surface area contributed by atoms with Gasteiger partial charge in [-0.25, -0.2) is 8.42 Å². The highest BCUT2D eigenvalue weighted by Gasteiger charge is 2.35. The summed E-state index contributed by atoms with van der Waals surface area (Å²) >= 11 is 12.8. The number of rotatable bonds is 14. The van der Waals surface area contributed by atoms with Gasteiger partial charge < -0.3 is 15.0 Å². The molecule has 0 aliphatic rings. The average Bonchev–Trinajstić information content (AvgIpc) is 3.05. The summed E-state index contributed by atoms with van der Waals surface area (Å²) in [4.78, 5) is 29.7. The van der Waals surface area contributed by atoms with E-state index in [1.807, 2.05) is 50.2 Å². The number of hydrogen-bond acceptors (Lipinski definition) is 5. The van der Waals surface area contributed by atoms with Crippen molar-refractivity contribution in [2.75, 3.05) is 24.5 Å². The molecule has 242 valence electrons. The molecule has 0 aliphatic heterocycles. The molecule has 1 N–H and O–H groups in total. The third kappa shape index (κ3) is 8.81. The molecule has 0 aromatic heterocycles. The summed E-state index contributed by atoms with van der Waals surface area (Å²) in [6.07, 6.45) is 0.901. The molecule has 0 heterocycles. The maximum absolute atomic E-state index is 14.6. The van der Waals surface area contributed by atoms with Crippen LogP contribution in [0.15, 0.2) is 102 Å². The topological polar surface area (TPSA) is 96.0 Å². The molecular weight excluding hydrogens is 645 g/mol. The zero-order valence-electron chi connectivity index (χ0n) is 26.0. The Morgan fingerprint density at radius 3 is 2.26 bits per heavy atom. The van der Waals surface area contributed by atoms with E-state index in [4.69, 9.17) is 27.9 Å². The lowest BCUT2D eigenvalue weighted by atomic mass is 10.0. The summed E-state index contributed by atoms with van der Waals surface area (Å²) in [5, 5.41) is 3.26. The lowest BCUT2D eigenvalue weighted by molar-refractivity contribution is -0.140. The summed E-state index contributed by atoms with van der Waals surface area (Å²) < 4.78 is 34.8. The highest BCUT2D eigenvalue weighted by atomic mass is 35.5. The summed E-state index contributed by atoms with van der Waals surface area (Å²) in [7, 11) is -2.78. The number of ether oxygens (including phenoxy) is 1. The van der Waals surface area contributed by atoms with Crippen LogP contribution in [0.5, 0.6) is 5.75 Å². The van der Waals surface area contributed by atoms with E-state index in [-0.39, 0.29) is 39.5 Å². The second kappa shape index (κ2) is 16.0. The van der Waals surface area contributed by atoms with Crippen molar-refractivity contribution in [1.29, 1.82) is 0 Å². The smallest absolute Gasteiger partial charge is 0.264 e. The molecule has 0 saturated heterocycles. The quantitative estimate of drug-likeness (QED) is 0.160. The zero-order chi connectivity index (χ0) is 33.3. The van der Waals surface area contributed by atoms with Crippen LogP contribution in [0.2, 0.25) is 10.0 Å². The fraction of sp³-hybridized carbons (Fsp3) is 0.257. The molecule has 46 heavy (non-hydrogen) atoms. The molecule has 0 radical (unpaired) electrons. The van der Waals surface area contributed by atoms with E-state index in [1.165, 1.54) is 35.2 Å². The minimum absolute atomic E-state index is 0.00871. The number of carbonyl (C=O) groups is 2. The molecule has 4 aromatic carbocycles. The molecule has 0 spiro atoms. The molecule has 8 nitrogen and oxygen atoms in total. The monoisotopic (exact) mass is 681 g/mol. The number of halogens is 2. The van der Waals surface area contributed by atoms with Crippen LogP contribution in [0.1, 0.15) is 30.0 Å². The Kier molecular flexibility index (Phi) is 12.1. The number of anilines is 1. The van der Waals surface area contributed by atoms with Gasteiger partial charge in [-0.05, 0) is 66.9 Å². The van der Waals surface area contributed by atoms with E-state index < -0.39 is 28.5 Å². The maximum atomic E-state index is 14.6. The van der Waals surface area contributed by atoms with Gasteiger partial charge in [0.25, 0.3) is 10.0 Å². The number of methoxy groups -OCH3 is 1. The average molecular weight is 683 g/mol. The first-order valence-electron chi connectivity index (χ1n) is 14.8. The SMILES string of the molecule is CCCNC(=O)[C@@H](Cc1ccccc1)N(Cc1cccc(OC)c1)C(=O)CN(c1cc(Cl)ccc1Cl)S(=O)(=O)c1ccc(C)cc1. The normalized spacial score (nSPS) is 11.8. The van der Waals surface area contributed by atoms with Crippen molar-refractivity contribution in [2.45, 2.75) is 44.2 Å². The number of nitrogens with zero attached hydrogens (tertiary/aromatic N) is 2. The van der Waals surface area contributed by atoms with Crippen LogP contribution in [-0.2, 0) is 32.6 Å². The molecule has 0 bridgehead atoms. The van der Waals surface area contributed by atoms with Gasteiger partial charge in [0, 0.05) is 24.5 Å². The zero-order valence-corrected chi connectivity index (χ0v) is 28.3. The highest BCUT2D eigenvalue weighted by Crippen LogP contribution is 2.33. The van der Waals surface area contributed by atoms with Crippen molar-refractivity contribution < 1.29 is 22.7 Å². The molecule has 2 amide bonds. The van der Waals surface area contributed by atoms with Crippen LogP contribution >= 0.6 is 23.2 Å². The van der Waals surface area contributed by atoms with Gasteiger partial charge in [0.2, 0.25) is 11.8 Å². The number of aryl methyl sites for hydroxylation is 1. The van der Waals surface area contributed by atoms with Crippen LogP contribution in [-0.4, -0.2) is 51.4 Å². The van der Waals surface area contributed by atoms with E-state index in [0.29, 0.717) is 24.3 Å². The Morgan fingerprint density at radius 2 is 1.59 bits per heavy atom. The Labute approximate surface area is 280 Å². The van der Waals surface area contributed by atoms with Crippen molar-refractivity contribution in [3.05, 3.63) is 124 Å². The van der Waals surface area contributed by atoms with Crippen molar-refractivity contribution in [3.63, 3.8) is 0 Å². The standard InChI is InChI=1S/C35H37Cl2N3O5S/c1-4-19-38-35(42)33(21-26-9-6-5-7-10-26)39(23-27-11-8-12-29(20-27)45-3)34(41)24-40(32-22-28(36)15-18-31(32)37)46(43,44)30-16-13-25(2)14-17-30/h5-18,20,22,33H,4,19,21,23-24H2,1-3H3,(H,38,42)/t33-/m1/s1. The minimum atomic E-state index is -4.32. The van der Waals surface area contributed by atoms with Crippen molar-refractivity contribution in [1.82, 2.24) is 10.2 Å². The lowest BCUT2D eigenvalue weighted by Crippen LogP contribution is -2.53. The molecule has 1 atom stereocenters. The number of nitrogens with one attached hydrogen (secondary N) is 1. The molecule has 4 aromatic rings. The predicted molar refractivity (Wildman–Crippen MR) is 183 cm³/mol. The molecule has 4 rings (SSSR count). The molecule has 11 heteroatoms. The largest absolute Gasteiger partial charge is 0.497 e. The number of carbonyl (C=O) groups excluding carboxylic acids is 2. The van der Waals surface area contributed by atoms with Crippen LogP contribution in [0.3, 0.4) is 0 Å². The van der Waals surface area contributed by atoms with E-state index >= 15 is 0 Å².